The molecule has 31 heavy (non-hydrogen) atoms. The average Bonchev–Trinajstić information content (AvgIpc) is 2.76. The van der Waals surface area contributed by atoms with Crippen molar-refractivity contribution in [2.45, 2.75) is 70.6 Å². The molecule has 1 aliphatic carbocycles. The summed E-state index contributed by atoms with van der Waals surface area (Å²) in [6.45, 7) is 3.72. The molecule has 9 heteroatoms. The molecule has 4 rings (SSSR count). The summed E-state index contributed by atoms with van der Waals surface area (Å²) in [5, 5.41) is 0. The summed E-state index contributed by atoms with van der Waals surface area (Å²) in [5.41, 5.74) is 2.07. The monoisotopic (exact) mass is 449 g/mol. The van der Waals surface area contributed by atoms with Gasteiger partial charge in [-0.1, -0.05) is 19.3 Å². The van der Waals surface area contributed by atoms with E-state index in [2.05, 4.69) is 0 Å². The number of carbonyl (C=O) groups excluding carboxylic acids is 1. The second kappa shape index (κ2) is 9.11. The van der Waals surface area contributed by atoms with Gasteiger partial charge in [-0.05, 0) is 44.9 Å². The van der Waals surface area contributed by atoms with Crippen LogP contribution in [0.15, 0.2) is 0 Å². The summed E-state index contributed by atoms with van der Waals surface area (Å²) in [6.07, 6.45) is 8.82. The molecule has 0 radical (unpaired) electrons. The van der Waals surface area contributed by atoms with E-state index in [4.69, 9.17) is 9.97 Å². The first-order valence-corrected chi connectivity index (χ1v) is 13.0. The zero-order valence-electron chi connectivity index (χ0n) is 19.0. The molecule has 0 unspecified atom stereocenters. The Bertz CT molecular complexity index is 919. The van der Waals surface area contributed by atoms with Gasteiger partial charge in [0.25, 0.3) is 10.2 Å². The number of piperidine rings is 1. The van der Waals surface area contributed by atoms with E-state index in [-0.39, 0.29) is 11.8 Å². The Balaban J connectivity index is 1.54. The van der Waals surface area contributed by atoms with Crippen LogP contribution in [0, 0.1) is 12.8 Å². The highest BCUT2D eigenvalue weighted by Crippen LogP contribution is 2.35. The fourth-order valence-electron chi connectivity index (χ4n) is 5.18. The maximum Gasteiger partial charge on any atom is 0.281 e. The Labute approximate surface area is 186 Å². The quantitative estimate of drug-likeness (QED) is 0.690. The van der Waals surface area contributed by atoms with E-state index in [1.165, 1.54) is 40.7 Å². The molecular weight excluding hydrogens is 414 g/mol. The first-order chi connectivity index (χ1) is 14.8. The lowest BCUT2D eigenvalue weighted by Gasteiger charge is -2.35. The number of anilines is 1. The van der Waals surface area contributed by atoms with Crippen LogP contribution in [0.2, 0.25) is 0 Å². The van der Waals surface area contributed by atoms with E-state index in [0.717, 1.165) is 29.4 Å². The number of carbonyl (C=O) groups is 1. The lowest BCUT2D eigenvalue weighted by molar-refractivity contribution is -0.119. The standard InChI is InChI=1S/C22H35N5O3S/c1-16-19-9-10-20(28)27(15-17-7-5-4-6-8-17)22(19)24-21(23-16)18-11-13-26(14-12-18)31(29,30)25(2)3/h17-18H,4-15H2,1-3H3. The Morgan fingerprint density at radius 1 is 1.00 bits per heavy atom. The molecule has 0 atom stereocenters. The molecule has 0 N–H and O–H groups in total. The molecule has 1 amide bonds. The lowest BCUT2D eigenvalue weighted by Crippen LogP contribution is -2.44. The zero-order chi connectivity index (χ0) is 22.2. The highest BCUT2D eigenvalue weighted by molar-refractivity contribution is 7.86. The van der Waals surface area contributed by atoms with E-state index in [1.54, 1.807) is 14.1 Å². The van der Waals surface area contributed by atoms with Crippen molar-refractivity contribution < 1.29 is 13.2 Å². The number of nitrogens with zero attached hydrogens (tertiary/aromatic N) is 5. The van der Waals surface area contributed by atoms with Crippen LogP contribution in [0.5, 0.6) is 0 Å². The van der Waals surface area contributed by atoms with Gasteiger partial charge in [0.2, 0.25) is 5.91 Å². The molecule has 2 aliphatic heterocycles. The van der Waals surface area contributed by atoms with Crippen LogP contribution in [-0.4, -0.2) is 66.6 Å². The topological polar surface area (TPSA) is 86.7 Å². The van der Waals surface area contributed by atoms with Crippen LogP contribution in [0.3, 0.4) is 0 Å². The highest BCUT2D eigenvalue weighted by Gasteiger charge is 2.34. The van der Waals surface area contributed by atoms with Crippen LogP contribution in [0.25, 0.3) is 0 Å². The van der Waals surface area contributed by atoms with Crippen LogP contribution in [0.1, 0.15) is 74.4 Å². The summed E-state index contributed by atoms with van der Waals surface area (Å²) in [6, 6.07) is 0. The minimum absolute atomic E-state index is 0.117. The van der Waals surface area contributed by atoms with Gasteiger partial charge in [0.05, 0.1) is 0 Å². The second-order valence-corrected chi connectivity index (χ2v) is 11.6. The fraction of sp³-hybridized carbons (Fsp3) is 0.773. The molecule has 3 heterocycles. The summed E-state index contributed by atoms with van der Waals surface area (Å²) >= 11 is 0. The minimum atomic E-state index is -3.39. The SMILES string of the molecule is Cc1nc(C2CCN(S(=O)(=O)N(C)C)CC2)nc2c1CCC(=O)N2CC1CCCCC1. The van der Waals surface area contributed by atoms with Gasteiger partial charge in [-0.2, -0.15) is 17.0 Å². The van der Waals surface area contributed by atoms with Crippen LogP contribution < -0.4 is 4.90 Å². The van der Waals surface area contributed by atoms with E-state index in [9.17, 15) is 13.2 Å². The van der Waals surface area contributed by atoms with Crippen molar-refractivity contribution in [3.63, 3.8) is 0 Å². The molecule has 8 nitrogen and oxygen atoms in total. The average molecular weight is 450 g/mol. The van der Waals surface area contributed by atoms with Crippen molar-refractivity contribution in [1.29, 1.82) is 0 Å². The number of hydrogen-bond donors (Lipinski definition) is 0. The van der Waals surface area contributed by atoms with Gasteiger partial charge >= 0.3 is 0 Å². The Morgan fingerprint density at radius 2 is 1.68 bits per heavy atom. The van der Waals surface area contributed by atoms with Crippen LogP contribution in [-0.2, 0) is 21.4 Å². The Kier molecular flexibility index (Phi) is 6.65. The smallest absolute Gasteiger partial charge is 0.281 e. The maximum atomic E-state index is 12.8. The zero-order valence-corrected chi connectivity index (χ0v) is 19.8. The number of amides is 1. The van der Waals surface area contributed by atoms with E-state index in [1.807, 2.05) is 11.8 Å². The third-order valence-electron chi connectivity index (χ3n) is 7.13. The number of rotatable bonds is 5. The number of hydrogen-bond acceptors (Lipinski definition) is 5. The van der Waals surface area contributed by atoms with Crippen molar-refractivity contribution in [2.24, 2.45) is 5.92 Å². The molecule has 1 aromatic heterocycles. The van der Waals surface area contributed by atoms with Crippen LogP contribution >= 0.6 is 0 Å². The molecule has 3 aliphatic rings. The van der Waals surface area contributed by atoms with E-state index < -0.39 is 10.2 Å². The molecule has 172 valence electrons. The third kappa shape index (κ3) is 4.64. The molecule has 0 aromatic carbocycles. The molecule has 0 bridgehead atoms. The van der Waals surface area contributed by atoms with Crippen molar-refractivity contribution in [3.8, 4) is 0 Å². The molecule has 1 saturated heterocycles. The summed E-state index contributed by atoms with van der Waals surface area (Å²) in [7, 11) is -0.258. The van der Waals surface area contributed by atoms with E-state index in [0.29, 0.717) is 44.7 Å². The molecule has 1 saturated carbocycles. The predicted octanol–water partition coefficient (Wildman–Crippen LogP) is 2.63. The first kappa shape index (κ1) is 22.6. The maximum absolute atomic E-state index is 12.8. The summed E-state index contributed by atoms with van der Waals surface area (Å²) in [5.74, 6) is 2.43. The van der Waals surface area contributed by atoms with Crippen molar-refractivity contribution in [2.75, 3.05) is 38.6 Å². The molecule has 1 aromatic rings. The lowest BCUT2D eigenvalue weighted by atomic mass is 9.88. The fourth-order valence-corrected chi connectivity index (χ4v) is 6.31. The summed E-state index contributed by atoms with van der Waals surface area (Å²) in [4.78, 5) is 24.5. The van der Waals surface area contributed by atoms with Crippen LogP contribution in [0.4, 0.5) is 5.82 Å². The summed E-state index contributed by atoms with van der Waals surface area (Å²) < 4.78 is 27.6. The van der Waals surface area contributed by atoms with Gasteiger partial charge in [-0.15, -0.1) is 0 Å². The number of aryl methyl sites for hydroxylation is 1. The van der Waals surface area contributed by atoms with E-state index >= 15 is 0 Å². The van der Waals surface area contributed by atoms with Gasteiger partial charge in [0.15, 0.2) is 0 Å². The largest absolute Gasteiger partial charge is 0.296 e. The molecule has 2 fully saturated rings. The molecular formula is C22H35N5O3S. The Hall–Kier alpha value is -1.58. The molecule has 0 spiro atoms. The van der Waals surface area contributed by atoms with Gasteiger partial charge in [-0.3, -0.25) is 9.69 Å². The predicted molar refractivity (Wildman–Crippen MR) is 120 cm³/mol. The van der Waals surface area contributed by atoms with Gasteiger partial charge < -0.3 is 0 Å². The van der Waals surface area contributed by atoms with Gasteiger partial charge in [0.1, 0.15) is 11.6 Å². The van der Waals surface area contributed by atoms with Gasteiger partial charge in [0, 0.05) is 57.3 Å². The van der Waals surface area contributed by atoms with Crippen molar-refractivity contribution >= 4 is 21.9 Å². The highest BCUT2D eigenvalue weighted by atomic mass is 32.2. The van der Waals surface area contributed by atoms with Crippen molar-refractivity contribution in [1.82, 2.24) is 18.6 Å². The number of fused-ring (bicyclic) bond motifs is 1. The normalized spacial score (nSPS) is 22.2. The second-order valence-electron chi connectivity index (χ2n) is 9.44. The minimum Gasteiger partial charge on any atom is -0.296 e. The Morgan fingerprint density at radius 3 is 2.32 bits per heavy atom. The first-order valence-electron chi connectivity index (χ1n) is 11.6. The third-order valence-corrected chi connectivity index (χ3v) is 9.07. The van der Waals surface area contributed by atoms with Crippen molar-refractivity contribution in [3.05, 3.63) is 17.1 Å². The number of aromatic nitrogens is 2. The van der Waals surface area contributed by atoms with Gasteiger partial charge in [-0.25, -0.2) is 9.97 Å².